The van der Waals surface area contributed by atoms with Crippen LogP contribution in [0.15, 0.2) is 41.6 Å². The number of methoxy groups -OCH3 is 4. The Labute approximate surface area is 203 Å². The molecule has 2 aromatic carbocycles. The molecule has 34 heavy (non-hydrogen) atoms. The number of nitrogens with zero attached hydrogens (tertiary/aromatic N) is 1. The van der Waals surface area contributed by atoms with E-state index in [1.807, 2.05) is 25.1 Å². The van der Waals surface area contributed by atoms with E-state index in [-0.39, 0.29) is 0 Å². The summed E-state index contributed by atoms with van der Waals surface area (Å²) in [5.74, 6) is 2.10. The van der Waals surface area contributed by atoms with E-state index in [2.05, 4.69) is 5.32 Å². The lowest BCUT2D eigenvalue weighted by molar-refractivity contribution is -0.136. The molecule has 0 fully saturated rings. The summed E-state index contributed by atoms with van der Waals surface area (Å²) in [7, 11) is 5.93. The van der Waals surface area contributed by atoms with Crippen molar-refractivity contribution in [1.82, 2.24) is 5.32 Å². The highest BCUT2D eigenvalue weighted by Gasteiger charge is 2.38. The molecule has 0 saturated heterocycles. The lowest BCUT2D eigenvalue weighted by atomic mass is 9.93. The van der Waals surface area contributed by atoms with Crippen LogP contribution in [0.25, 0.3) is 0 Å². The number of thiocarbonyl (C=S) groups is 1. The smallest absolute Gasteiger partial charge is 0.337 e. The maximum atomic E-state index is 13.0. The minimum absolute atomic E-state index is 0.372. The molecular weight excluding hydrogens is 460 g/mol. The Morgan fingerprint density at radius 2 is 1.71 bits per heavy atom. The van der Waals surface area contributed by atoms with Crippen LogP contribution in [0.5, 0.6) is 28.7 Å². The van der Waals surface area contributed by atoms with Gasteiger partial charge >= 0.3 is 5.97 Å². The van der Waals surface area contributed by atoms with Gasteiger partial charge in [-0.3, -0.25) is 4.90 Å². The van der Waals surface area contributed by atoms with Gasteiger partial charge in [-0.25, -0.2) is 4.79 Å². The first-order chi connectivity index (χ1) is 16.4. The molecule has 9 nitrogen and oxygen atoms in total. The monoisotopic (exact) mass is 486 g/mol. The van der Waals surface area contributed by atoms with E-state index >= 15 is 0 Å². The van der Waals surface area contributed by atoms with Crippen molar-refractivity contribution in [2.75, 3.05) is 46.6 Å². The van der Waals surface area contributed by atoms with Crippen molar-refractivity contribution < 1.29 is 33.2 Å². The number of hydrogen-bond acceptors (Lipinski definition) is 8. The van der Waals surface area contributed by atoms with Crippen LogP contribution >= 0.6 is 12.2 Å². The number of anilines is 1. The average Bonchev–Trinajstić information content (AvgIpc) is 2.86. The maximum Gasteiger partial charge on any atom is 0.337 e. The van der Waals surface area contributed by atoms with Gasteiger partial charge in [0.05, 0.1) is 45.7 Å². The van der Waals surface area contributed by atoms with Gasteiger partial charge in [0.1, 0.15) is 13.2 Å². The number of esters is 1. The molecular formula is C24H26N2O7S. The summed E-state index contributed by atoms with van der Waals surface area (Å²) in [6.45, 7) is 2.77. The van der Waals surface area contributed by atoms with Gasteiger partial charge < -0.3 is 33.7 Å². The van der Waals surface area contributed by atoms with Gasteiger partial charge in [-0.05, 0) is 43.4 Å². The van der Waals surface area contributed by atoms with E-state index in [0.29, 0.717) is 63.9 Å². The molecule has 1 N–H and O–H groups in total. The third kappa shape index (κ3) is 3.94. The zero-order valence-corrected chi connectivity index (χ0v) is 20.4. The number of nitrogens with one attached hydrogen (secondary N) is 1. The minimum atomic E-state index is -0.650. The average molecular weight is 487 g/mol. The normalized spacial score (nSPS) is 17.1. The maximum absolute atomic E-state index is 13.0. The van der Waals surface area contributed by atoms with Crippen molar-refractivity contribution in [2.24, 2.45) is 0 Å². The third-order valence-electron chi connectivity index (χ3n) is 5.72. The van der Waals surface area contributed by atoms with Crippen LogP contribution < -0.4 is 33.9 Å². The molecule has 0 bridgehead atoms. The highest BCUT2D eigenvalue weighted by Crippen LogP contribution is 2.46. The highest BCUT2D eigenvalue weighted by molar-refractivity contribution is 7.80. The summed E-state index contributed by atoms with van der Waals surface area (Å²) < 4.78 is 33.1. The first kappa shape index (κ1) is 23.5. The van der Waals surface area contributed by atoms with Crippen LogP contribution in [0.4, 0.5) is 5.69 Å². The van der Waals surface area contributed by atoms with Crippen molar-refractivity contribution in [3.63, 3.8) is 0 Å². The molecule has 2 aliphatic heterocycles. The molecule has 0 amide bonds. The lowest BCUT2D eigenvalue weighted by Crippen LogP contribution is -2.48. The summed E-state index contributed by atoms with van der Waals surface area (Å²) >= 11 is 5.74. The summed E-state index contributed by atoms with van der Waals surface area (Å²) in [5.41, 5.74) is 2.34. The summed E-state index contributed by atoms with van der Waals surface area (Å²) in [4.78, 5) is 14.8. The van der Waals surface area contributed by atoms with Crippen LogP contribution in [0.1, 0.15) is 18.5 Å². The second-order valence-electron chi connectivity index (χ2n) is 7.46. The topological polar surface area (TPSA) is 87.7 Å². The van der Waals surface area contributed by atoms with Crippen LogP contribution in [0.2, 0.25) is 0 Å². The van der Waals surface area contributed by atoms with Crippen LogP contribution in [0.3, 0.4) is 0 Å². The second kappa shape index (κ2) is 9.68. The molecule has 0 saturated carbocycles. The van der Waals surface area contributed by atoms with Crippen molar-refractivity contribution in [3.05, 3.63) is 47.2 Å². The zero-order chi connectivity index (χ0) is 24.4. The van der Waals surface area contributed by atoms with Gasteiger partial charge in [-0.1, -0.05) is 0 Å². The van der Waals surface area contributed by atoms with Gasteiger partial charge in [0.2, 0.25) is 5.75 Å². The Morgan fingerprint density at radius 1 is 1.00 bits per heavy atom. The molecule has 180 valence electrons. The number of carbonyl (C=O) groups is 1. The standard InChI is InChI=1S/C24H26N2O7S/c1-13-19(23(27)31-5)20(15-7-9-17(28-2)22(30-4)21(15)29-3)25-24(34)26(13)14-6-8-16-18(12-14)33-11-10-32-16/h6-9,12,20H,10-11H2,1-5H3,(H,25,34)/t20-/m0/s1. The molecule has 4 rings (SSSR count). The molecule has 10 heteroatoms. The van der Waals surface area contributed by atoms with Gasteiger partial charge in [-0.2, -0.15) is 0 Å². The van der Waals surface area contributed by atoms with Crippen molar-refractivity contribution in [2.45, 2.75) is 13.0 Å². The van der Waals surface area contributed by atoms with Crippen molar-refractivity contribution in [3.8, 4) is 28.7 Å². The fourth-order valence-corrected chi connectivity index (χ4v) is 4.54. The third-order valence-corrected chi connectivity index (χ3v) is 6.02. The zero-order valence-electron chi connectivity index (χ0n) is 19.6. The Bertz CT molecular complexity index is 1160. The first-order valence-electron chi connectivity index (χ1n) is 10.5. The van der Waals surface area contributed by atoms with Gasteiger partial charge in [0, 0.05) is 17.3 Å². The van der Waals surface area contributed by atoms with E-state index < -0.39 is 12.0 Å². The van der Waals surface area contributed by atoms with Crippen LogP contribution in [-0.4, -0.2) is 52.7 Å². The van der Waals surface area contributed by atoms with E-state index in [4.69, 9.17) is 40.6 Å². The fourth-order valence-electron chi connectivity index (χ4n) is 4.18. The summed E-state index contributed by atoms with van der Waals surface area (Å²) in [5, 5.41) is 3.66. The Morgan fingerprint density at radius 3 is 2.35 bits per heavy atom. The van der Waals surface area contributed by atoms with E-state index in [1.165, 1.54) is 21.3 Å². The number of allylic oxidation sites excluding steroid dienone is 1. The minimum Gasteiger partial charge on any atom is -0.493 e. The van der Waals surface area contributed by atoms with Crippen LogP contribution in [-0.2, 0) is 9.53 Å². The Hall–Kier alpha value is -3.66. The largest absolute Gasteiger partial charge is 0.493 e. The van der Waals surface area contributed by atoms with E-state index in [9.17, 15) is 4.79 Å². The molecule has 0 aliphatic carbocycles. The van der Waals surface area contributed by atoms with Crippen LogP contribution in [0, 0.1) is 0 Å². The SMILES string of the molecule is COC(=O)C1=C(C)N(c2ccc3c(c2)OCCO3)C(=S)N[C@H]1c1ccc(OC)c(OC)c1OC. The molecule has 2 aromatic rings. The summed E-state index contributed by atoms with van der Waals surface area (Å²) in [6.07, 6.45) is 0. The quantitative estimate of drug-likeness (QED) is 0.484. The predicted molar refractivity (Wildman–Crippen MR) is 129 cm³/mol. The van der Waals surface area contributed by atoms with Crippen molar-refractivity contribution >= 4 is 29.0 Å². The van der Waals surface area contributed by atoms with Gasteiger partial charge in [0.25, 0.3) is 0 Å². The van der Waals surface area contributed by atoms with Crippen molar-refractivity contribution in [1.29, 1.82) is 0 Å². The number of hydrogen-bond donors (Lipinski definition) is 1. The molecule has 0 aromatic heterocycles. The number of rotatable bonds is 6. The van der Waals surface area contributed by atoms with E-state index in [0.717, 1.165) is 5.69 Å². The number of carbonyl (C=O) groups excluding carboxylic acids is 1. The molecule has 0 spiro atoms. The van der Waals surface area contributed by atoms with Gasteiger partial charge in [0.15, 0.2) is 28.1 Å². The predicted octanol–water partition coefficient (Wildman–Crippen LogP) is 3.37. The molecule has 2 heterocycles. The molecule has 2 aliphatic rings. The fraction of sp³-hybridized carbons (Fsp3) is 0.333. The lowest BCUT2D eigenvalue weighted by Gasteiger charge is -2.38. The van der Waals surface area contributed by atoms with Gasteiger partial charge in [-0.15, -0.1) is 0 Å². The molecule has 1 atom stereocenters. The number of fused-ring (bicyclic) bond motifs is 1. The Kier molecular flexibility index (Phi) is 6.69. The summed E-state index contributed by atoms with van der Waals surface area (Å²) in [6, 6.07) is 8.41. The number of ether oxygens (including phenoxy) is 6. The second-order valence-corrected chi connectivity index (χ2v) is 7.85. The van der Waals surface area contributed by atoms with E-state index in [1.54, 1.807) is 24.1 Å². The highest BCUT2D eigenvalue weighted by atomic mass is 32.1. The first-order valence-corrected chi connectivity index (χ1v) is 10.9. The number of benzene rings is 2. The Balaban J connectivity index is 1.86. The molecule has 0 unspecified atom stereocenters. The molecule has 0 radical (unpaired) electrons.